The number of ether oxygens (including phenoxy) is 2. The number of anilines is 1. The number of thioether (sulfide) groups is 1. The molecule has 0 aromatic heterocycles. The van der Waals surface area contributed by atoms with E-state index >= 15 is 0 Å². The molecule has 0 saturated carbocycles. The number of hydrogen-bond donors (Lipinski definition) is 1. The molecule has 1 aliphatic heterocycles. The smallest absolute Gasteiger partial charge is 0.293 e. The Hall–Kier alpha value is -3.02. The van der Waals surface area contributed by atoms with Gasteiger partial charge in [-0.15, -0.1) is 0 Å². The zero-order chi connectivity index (χ0) is 26.4. The fourth-order valence-corrected chi connectivity index (χ4v) is 4.86. The lowest BCUT2D eigenvalue weighted by molar-refractivity contribution is -0.123. The lowest BCUT2D eigenvalue weighted by Gasteiger charge is -2.13. The first-order valence-corrected chi connectivity index (χ1v) is 13.5. The van der Waals surface area contributed by atoms with E-state index in [9.17, 15) is 14.4 Å². The summed E-state index contributed by atoms with van der Waals surface area (Å²) < 4.78 is 12.5. The van der Waals surface area contributed by atoms with E-state index in [1.807, 2.05) is 31.2 Å². The Balaban J connectivity index is 1.44. The van der Waals surface area contributed by atoms with E-state index < -0.39 is 0 Å². The van der Waals surface area contributed by atoms with Crippen LogP contribution in [0.5, 0.6) is 11.5 Å². The van der Waals surface area contributed by atoms with Crippen LogP contribution in [0.15, 0.2) is 71.6 Å². The van der Waals surface area contributed by atoms with Crippen LogP contribution in [0.4, 0.5) is 10.5 Å². The SMILES string of the molecule is CCOc1cc(/C=C2/SC(=O)N(Cc3ccc(I)cc3)C2=O)ccc1OCC(=O)Nc1cccc(Cl)c1. The highest BCUT2D eigenvalue weighted by atomic mass is 127. The lowest BCUT2D eigenvalue weighted by atomic mass is 10.1. The normalized spacial score (nSPS) is 14.2. The summed E-state index contributed by atoms with van der Waals surface area (Å²) in [5, 5.41) is 2.92. The zero-order valence-electron chi connectivity index (χ0n) is 19.7. The Morgan fingerprint density at radius 1 is 1.05 bits per heavy atom. The molecular weight excluding hydrogens is 627 g/mol. The number of carbonyl (C=O) groups excluding carboxylic acids is 3. The van der Waals surface area contributed by atoms with Crippen molar-refractivity contribution in [3.05, 3.63) is 91.4 Å². The van der Waals surface area contributed by atoms with Gasteiger partial charge >= 0.3 is 0 Å². The number of halogens is 2. The predicted molar refractivity (Wildman–Crippen MR) is 154 cm³/mol. The molecule has 37 heavy (non-hydrogen) atoms. The van der Waals surface area contributed by atoms with Crippen molar-refractivity contribution >= 4 is 74.8 Å². The van der Waals surface area contributed by atoms with Crippen molar-refractivity contribution in [2.24, 2.45) is 0 Å². The minimum absolute atomic E-state index is 0.215. The molecule has 1 saturated heterocycles. The van der Waals surface area contributed by atoms with Gasteiger partial charge in [-0.2, -0.15) is 0 Å². The Morgan fingerprint density at radius 2 is 1.84 bits per heavy atom. The largest absolute Gasteiger partial charge is 0.490 e. The molecule has 0 atom stereocenters. The van der Waals surface area contributed by atoms with Crippen molar-refractivity contribution in [3.63, 3.8) is 0 Å². The summed E-state index contributed by atoms with van der Waals surface area (Å²) in [6, 6.07) is 19.6. The highest BCUT2D eigenvalue weighted by Gasteiger charge is 2.35. The molecule has 1 aliphatic rings. The monoisotopic (exact) mass is 648 g/mol. The molecule has 0 bridgehead atoms. The Kier molecular flexibility index (Phi) is 9.12. The van der Waals surface area contributed by atoms with Gasteiger partial charge < -0.3 is 14.8 Å². The second kappa shape index (κ2) is 12.5. The molecule has 190 valence electrons. The van der Waals surface area contributed by atoms with E-state index in [1.165, 1.54) is 4.90 Å². The van der Waals surface area contributed by atoms with Gasteiger partial charge in [0.15, 0.2) is 18.1 Å². The van der Waals surface area contributed by atoms with E-state index in [2.05, 4.69) is 27.9 Å². The van der Waals surface area contributed by atoms with Gasteiger partial charge in [0.2, 0.25) is 0 Å². The molecule has 4 rings (SSSR count). The van der Waals surface area contributed by atoms with Crippen molar-refractivity contribution in [1.82, 2.24) is 4.90 Å². The minimum atomic E-state index is -0.351. The summed E-state index contributed by atoms with van der Waals surface area (Å²) in [7, 11) is 0. The van der Waals surface area contributed by atoms with E-state index in [0.717, 1.165) is 20.9 Å². The first-order valence-electron chi connectivity index (χ1n) is 11.3. The van der Waals surface area contributed by atoms with E-state index in [-0.39, 0.29) is 30.2 Å². The Morgan fingerprint density at radius 3 is 2.57 bits per heavy atom. The molecule has 3 aromatic rings. The second-order valence-corrected chi connectivity index (χ2v) is 10.6. The van der Waals surface area contributed by atoms with Gasteiger partial charge in [-0.1, -0.05) is 35.9 Å². The fraction of sp³-hybridized carbons (Fsp3) is 0.148. The Bertz CT molecular complexity index is 1360. The number of nitrogens with zero attached hydrogens (tertiary/aromatic N) is 1. The summed E-state index contributed by atoms with van der Waals surface area (Å²) in [5.74, 6) is 0.108. The summed E-state index contributed by atoms with van der Waals surface area (Å²) in [6.45, 7) is 2.19. The van der Waals surface area contributed by atoms with E-state index in [4.69, 9.17) is 21.1 Å². The van der Waals surface area contributed by atoms with Crippen LogP contribution in [-0.4, -0.2) is 35.2 Å². The molecule has 0 spiro atoms. The van der Waals surface area contributed by atoms with Crippen LogP contribution in [0.3, 0.4) is 0 Å². The van der Waals surface area contributed by atoms with Gasteiger partial charge in [-0.25, -0.2) is 0 Å². The molecule has 7 nitrogen and oxygen atoms in total. The number of hydrogen-bond acceptors (Lipinski definition) is 6. The van der Waals surface area contributed by atoms with Crippen LogP contribution in [0.2, 0.25) is 5.02 Å². The quantitative estimate of drug-likeness (QED) is 0.208. The molecule has 10 heteroatoms. The van der Waals surface area contributed by atoms with Crippen molar-refractivity contribution in [1.29, 1.82) is 0 Å². The first kappa shape index (κ1) is 27.0. The molecular formula is C27H22ClIN2O5S. The molecule has 3 aromatic carbocycles. The maximum atomic E-state index is 12.9. The number of imide groups is 1. The van der Waals surface area contributed by atoms with Crippen molar-refractivity contribution in [3.8, 4) is 11.5 Å². The average Bonchev–Trinajstić information content (AvgIpc) is 3.12. The molecule has 1 fully saturated rings. The third-order valence-electron chi connectivity index (χ3n) is 5.16. The number of benzene rings is 3. The van der Waals surface area contributed by atoms with Gasteiger partial charge in [0.25, 0.3) is 17.1 Å². The first-order chi connectivity index (χ1) is 17.8. The highest BCUT2D eigenvalue weighted by molar-refractivity contribution is 14.1. The summed E-state index contributed by atoms with van der Waals surface area (Å²) >= 11 is 9.06. The number of nitrogens with one attached hydrogen (secondary N) is 1. The molecule has 0 radical (unpaired) electrons. The van der Waals surface area contributed by atoms with E-state index in [1.54, 1.807) is 48.5 Å². The molecule has 0 unspecified atom stereocenters. The second-order valence-electron chi connectivity index (χ2n) is 7.88. The van der Waals surface area contributed by atoms with Gasteiger partial charge in [-0.05, 0) is 101 Å². The van der Waals surface area contributed by atoms with Gasteiger partial charge in [0.05, 0.1) is 18.1 Å². The molecule has 1 N–H and O–H groups in total. The third kappa shape index (κ3) is 7.27. The maximum absolute atomic E-state index is 12.9. The van der Waals surface area contributed by atoms with Crippen LogP contribution in [0, 0.1) is 3.57 Å². The summed E-state index contributed by atoms with van der Waals surface area (Å²) in [4.78, 5) is 39.3. The highest BCUT2D eigenvalue weighted by Crippen LogP contribution is 2.35. The minimum Gasteiger partial charge on any atom is -0.490 e. The Labute approximate surface area is 237 Å². The molecule has 3 amide bonds. The third-order valence-corrected chi connectivity index (χ3v) is 7.02. The van der Waals surface area contributed by atoms with Crippen LogP contribution in [0.25, 0.3) is 6.08 Å². The summed E-state index contributed by atoms with van der Waals surface area (Å²) in [5.41, 5.74) is 2.11. The van der Waals surface area contributed by atoms with Crippen molar-refractivity contribution < 1.29 is 23.9 Å². The van der Waals surface area contributed by atoms with Crippen molar-refractivity contribution in [2.75, 3.05) is 18.5 Å². The topological polar surface area (TPSA) is 84.9 Å². The number of amides is 3. The average molecular weight is 649 g/mol. The van der Waals surface area contributed by atoms with Gasteiger partial charge in [0, 0.05) is 14.3 Å². The van der Waals surface area contributed by atoms with Gasteiger partial charge in [0.1, 0.15) is 0 Å². The molecule has 1 heterocycles. The number of carbonyl (C=O) groups is 3. The number of rotatable bonds is 9. The standard InChI is InChI=1S/C27H22ClIN2O5S/c1-2-35-23-12-18(8-11-22(23)36-16-25(32)30-21-5-3-4-19(28)14-21)13-24-26(33)31(27(34)37-24)15-17-6-9-20(29)10-7-17/h3-14H,2,15-16H2,1H3,(H,30,32)/b24-13+. The van der Waals surface area contributed by atoms with E-state index in [0.29, 0.717) is 39.3 Å². The van der Waals surface area contributed by atoms with Gasteiger partial charge in [-0.3, -0.25) is 19.3 Å². The van der Waals surface area contributed by atoms with Crippen LogP contribution >= 0.6 is 46.0 Å². The zero-order valence-corrected chi connectivity index (χ0v) is 23.4. The van der Waals surface area contributed by atoms with Crippen LogP contribution < -0.4 is 14.8 Å². The fourth-order valence-electron chi connectivity index (χ4n) is 3.47. The predicted octanol–water partition coefficient (Wildman–Crippen LogP) is 6.60. The molecule has 0 aliphatic carbocycles. The lowest BCUT2D eigenvalue weighted by Crippen LogP contribution is -2.27. The summed E-state index contributed by atoms with van der Waals surface area (Å²) in [6.07, 6.45) is 1.65. The van der Waals surface area contributed by atoms with Crippen LogP contribution in [0.1, 0.15) is 18.1 Å². The van der Waals surface area contributed by atoms with Crippen LogP contribution in [-0.2, 0) is 16.1 Å². The van der Waals surface area contributed by atoms with Crippen molar-refractivity contribution in [2.45, 2.75) is 13.5 Å². The maximum Gasteiger partial charge on any atom is 0.293 e.